The summed E-state index contributed by atoms with van der Waals surface area (Å²) in [6, 6.07) is 6.07. The van der Waals surface area contributed by atoms with Crippen molar-refractivity contribution < 1.29 is 4.39 Å². The van der Waals surface area contributed by atoms with Gasteiger partial charge in [-0.1, -0.05) is 11.6 Å². The molecule has 1 aromatic carbocycles. The molecule has 106 valence electrons. The highest BCUT2D eigenvalue weighted by atomic mass is 35.5. The molecule has 0 radical (unpaired) electrons. The lowest BCUT2D eigenvalue weighted by atomic mass is 10.2. The maximum absolute atomic E-state index is 13.3. The summed E-state index contributed by atoms with van der Waals surface area (Å²) in [5.41, 5.74) is 1.30. The van der Waals surface area contributed by atoms with Gasteiger partial charge in [0.2, 0.25) is 0 Å². The van der Waals surface area contributed by atoms with Gasteiger partial charge in [-0.2, -0.15) is 5.26 Å². The second-order valence-electron chi connectivity index (χ2n) is 5.05. The first-order valence-electron chi connectivity index (χ1n) is 6.59. The van der Waals surface area contributed by atoms with E-state index in [1.807, 2.05) is 13.0 Å². The topological polar surface area (TPSA) is 61.6 Å². The normalized spacial score (nSPS) is 13.8. The van der Waals surface area contributed by atoms with Gasteiger partial charge in [-0.15, -0.1) is 0 Å². The third kappa shape index (κ3) is 2.81. The van der Waals surface area contributed by atoms with E-state index in [1.165, 1.54) is 12.1 Å². The van der Waals surface area contributed by atoms with Gasteiger partial charge >= 0.3 is 0 Å². The first-order valence-corrected chi connectivity index (χ1v) is 6.97. The Morgan fingerprint density at radius 1 is 1.38 bits per heavy atom. The van der Waals surface area contributed by atoms with Gasteiger partial charge < -0.3 is 5.32 Å². The summed E-state index contributed by atoms with van der Waals surface area (Å²) >= 11 is 6.14. The van der Waals surface area contributed by atoms with Crippen LogP contribution in [0.4, 0.5) is 15.9 Å². The van der Waals surface area contributed by atoms with Gasteiger partial charge in [-0.3, -0.25) is 0 Å². The maximum atomic E-state index is 13.3. The van der Waals surface area contributed by atoms with Crippen molar-refractivity contribution in [3.8, 4) is 6.07 Å². The van der Waals surface area contributed by atoms with E-state index in [0.29, 0.717) is 22.6 Å². The van der Waals surface area contributed by atoms with Gasteiger partial charge in [0.15, 0.2) is 0 Å². The molecule has 1 saturated carbocycles. The van der Waals surface area contributed by atoms with Crippen molar-refractivity contribution in [2.24, 2.45) is 0 Å². The summed E-state index contributed by atoms with van der Waals surface area (Å²) in [5, 5.41) is 12.4. The molecule has 0 unspecified atom stereocenters. The molecule has 6 heteroatoms. The van der Waals surface area contributed by atoms with E-state index < -0.39 is 5.82 Å². The third-order valence-electron chi connectivity index (χ3n) is 3.40. The zero-order valence-corrected chi connectivity index (χ0v) is 12.1. The molecular formula is C15H12ClFN4. The number of rotatable bonds is 3. The average molecular weight is 303 g/mol. The number of benzene rings is 1. The number of nitrogens with zero attached hydrogens (tertiary/aromatic N) is 3. The standard InChI is InChI=1S/C15H12ClFN4/c1-8-13(16)20-15(9-2-3-9)21-14(8)19-11-4-5-12(17)10(6-11)7-18/h4-6,9H,2-3H2,1H3,(H,19,20,21). The van der Waals surface area contributed by atoms with Gasteiger partial charge in [-0.25, -0.2) is 14.4 Å². The summed E-state index contributed by atoms with van der Waals surface area (Å²) in [4.78, 5) is 8.77. The van der Waals surface area contributed by atoms with Crippen molar-refractivity contribution in [1.29, 1.82) is 5.26 Å². The van der Waals surface area contributed by atoms with Crippen molar-refractivity contribution in [1.82, 2.24) is 9.97 Å². The van der Waals surface area contributed by atoms with Crippen LogP contribution in [-0.4, -0.2) is 9.97 Å². The molecule has 1 aliphatic rings. The molecule has 0 aliphatic heterocycles. The fourth-order valence-corrected chi connectivity index (χ4v) is 2.15. The number of anilines is 2. The fraction of sp³-hybridized carbons (Fsp3) is 0.267. The number of hydrogen-bond donors (Lipinski definition) is 1. The van der Waals surface area contributed by atoms with Crippen LogP contribution in [0.5, 0.6) is 0 Å². The lowest BCUT2D eigenvalue weighted by Gasteiger charge is -2.11. The Bertz CT molecular complexity index is 750. The fourth-order valence-electron chi connectivity index (χ4n) is 1.98. The molecule has 4 nitrogen and oxygen atoms in total. The third-order valence-corrected chi connectivity index (χ3v) is 3.76. The lowest BCUT2D eigenvalue weighted by molar-refractivity contribution is 0.624. The number of halogens is 2. The minimum Gasteiger partial charge on any atom is -0.340 e. The molecule has 0 amide bonds. The molecule has 0 atom stereocenters. The monoisotopic (exact) mass is 302 g/mol. The molecule has 1 fully saturated rings. The first kappa shape index (κ1) is 13.8. The van der Waals surface area contributed by atoms with Crippen LogP contribution in [0.25, 0.3) is 0 Å². The molecule has 1 N–H and O–H groups in total. The maximum Gasteiger partial charge on any atom is 0.141 e. The van der Waals surface area contributed by atoms with Gasteiger partial charge in [-0.05, 0) is 38.0 Å². The molecular weight excluding hydrogens is 291 g/mol. The zero-order valence-electron chi connectivity index (χ0n) is 11.3. The van der Waals surface area contributed by atoms with Crippen molar-refractivity contribution in [3.63, 3.8) is 0 Å². The predicted octanol–water partition coefficient (Wildman–Crippen LogP) is 4.07. The van der Waals surface area contributed by atoms with E-state index in [0.717, 1.165) is 24.2 Å². The Labute approximate surface area is 126 Å². The SMILES string of the molecule is Cc1c(Cl)nc(C2CC2)nc1Nc1ccc(F)c(C#N)c1. The Morgan fingerprint density at radius 2 is 2.14 bits per heavy atom. The van der Waals surface area contributed by atoms with Gasteiger partial charge in [0.25, 0.3) is 0 Å². The van der Waals surface area contributed by atoms with Crippen LogP contribution in [0.1, 0.15) is 35.7 Å². The quantitative estimate of drug-likeness (QED) is 0.868. The average Bonchev–Trinajstić information content (AvgIpc) is 3.30. The van der Waals surface area contributed by atoms with Crippen LogP contribution in [-0.2, 0) is 0 Å². The number of nitrogens with one attached hydrogen (secondary N) is 1. The minimum absolute atomic E-state index is 0.0137. The second-order valence-corrected chi connectivity index (χ2v) is 5.41. The minimum atomic E-state index is -0.542. The van der Waals surface area contributed by atoms with Crippen LogP contribution >= 0.6 is 11.6 Å². The van der Waals surface area contributed by atoms with Crippen LogP contribution in [0.3, 0.4) is 0 Å². The van der Waals surface area contributed by atoms with Crippen LogP contribution in [0, 0.1) is 24.1 Å². The van der Waals surface area contributed by atoms with Crippen molar-refractivity contribution >= 4 is 23.1 Å². The number of nitriles is 1. The molecule has 0 bridgehead atoms. The summed E-state index contributed by atoms with van der Waals surface area (Å²) in [6.07, 6.45) is 2.15. The van der Waals surface area contributed by atoms with E-state index in [2.05, 4.69) is 15.3 Å². The molecule has 1 heterocycles. The Hall–Kier alpha value is -2.19. The smallest absolute Gasteiger partial charge is 0.141 e. The Morgan fingerprint density at radius 3 is 2.81 bits per heavy atom. The van der Waals surface area contributed by atoms with Gasteiger partial charge in [0.1, 0.15) is 28.7 Å². The number of hydrogen-bond acceptors (Lipinski definition) is 4. The molecule has 3 rings (SSSR count). The molecule has 0 saturated heterocycles. The highest BCUT2D eigenvalue weighted by molar-refractivity contribution is 6.30. The highest BCUT2D eigenvalue weighted by Crippen LogP contribution is 2.39. The molecule has 1 aliphatic carbocycles. The summed E-state index contributed by atoms with van der Waals surface area (Å²) in [5.74, 6) is 1.16. The summed E-state index contributed by atoms with van der Waals surface area (Å²) in [6.45, 7) is 1.82. The molecule has 1 aromatic heterocycles. The van der Waals surface area contributed by atoms with Crippen LogP contribution in [0.15, 0.2) is 18.2 Å². The van der Waals surface area contributed by atoms with Crippen molar-refractivity contribution in [2.75, 3.05) is 5.32 Å². The largest absolute Gasteiger partial charge is 0.340 e. The van der Waals surface area contributed by atoms with E-state index in [9.17, 15) is 4.39 Å². The molecule has 21 heavy (non-hydrogen) atoms. The molecule has 0 spiro atoms. The first-order chi connectivity index (χ1) is 10.1. The molecule has 2 aromatic rings. The number of aromatic nitrogens is 2. The Balaban J connectivity index is 1.96. The lowest BCUT2D eigenvalue weighted by Crippen LogP contribution is -2.03. The Kier molecular flexibility index (Phi) is 3.48. The highest BCUT2D eigenvalue weighted by Gasteiger charge is 2.28. The van der Waals surface area contributed by atoms with E-state index in [-0.39, 0.29) is 5.56 Å². The van der Waals surface area contributed by atoms with Crippen LogP contribution in [0.2, 0.25) is 5.15 Å². The zero-order chi connectivity index (χ0) is 15.0. The van der Waals surface area contributed by atoms with Crippen molar-refractivity contribution in [3.05, 3.63) is 46.1 Å². The second kappa shape index (κ2) is 5.30. The van der Waals surface area contributed by atoms with E-state index >= 15 is 0 Å². The van der Waals surface area contributed by atoms with Gasteiger partial charge in [0, 0.05) is 17.2 Å². The van der Waals surface area contributed by atoms with Gasteiger partial charge in [0.05, 0.1) is 5.56 Å². The summed E-state index contributed by atoms with van der Waals surface area (Å²) < 4.78 is 13.3. The van der Waals surface area contributed by atoms with Crippen LogP contribution < -0.4 is 5.32 Å². The summed E-state index contributed by atoms with van der Waals surface area (Å²) in [7, 11) is 0. The predicted molar refractivity (Wildman–Crippen MR) is 78.2 cm³/mol. The van der Waals surface area contributed by atoms with E-state index in [4.69, 9.17) is 16.9 Å². The van der Waals surface area contributed by atoms with E-state index in [1.54, 1.807) is 6.07 Å². The van der Waals surface area contributed by atoms with Crippen molar-refractivity contribution in [2.45, 2.75) is 25.7 Å².